The zero-order chi connectivity index (χ0) is 18.9. The van der Waals surface area contributed by atoms with E-state index in [1.807, 2.05) is 26.0 Å². The van der Waals surface area contributed by atoms with Gasteiger partial charge in [0.05, 0.1) is 11.4 Å². The Labute approximate surface area is 151 Å². The lowest BCUT2D eigenvalue weighted by atomic mass is 10.1. The van der Waals surface area contributed by atoms with Crippen molar-refractivity contribution in [3.05, 3.63) is 53.9 Å². The second-order valence-corrected chi connectivity index (χ2v) is 8.23. The van der Waals surface area contributed by atoms with Crippen molar-refractivity contribution in [2.45, 2.75) is 31.6 Å². The van der Waals surface area contributed by atoms with Crippen LogP contribution in [0.5, 0.6) is 0 Å². The minimum Gasteiger partial charge on any atom is -0.246 e. The standard InChI is InChI=1S/C18H19FN4O2S/c1-12(2)15-10-16(14-6-4-5-13(9-14)11-19)23(22-15)17-7-8-20-18(21-17)26(3,24)25/h4-10,12H,11H2,1-3H3. The molecule has 0 saturated heterocycles. The van der Waals surface area contributed by atoms with E-state index in [9.17, 15) is 12.8 Å². The largest absolute Gasteiger partial charge is 0.248 e. The molecule has 136 valence electrons. The fourth-order valence-electron chi connectivity index (χ4n) is 2.50. The fraction of sp³-hybridized carbons (Fsp3) is 0.278. The van der Waals surface area contributed by atoms with E-state index in [2.05, 4.69) is 15.1 Å². The molecule has 2 aromatic heterocycles. The van der Waals surface area contributed by atoms with Crippen LogP contribution in [-0.4, -0.2) is 34.4 Å². The maximum Gasteiger partial charge on any atom is 0.248 e. The Bertz CT molecular complexity index is 1040. The zero-order valence-corrected chi connectivity index (χ0v) is 15.5. The number of nitrogens with zero attached hydrogens (tertiary/aromatic N) is 4. The molecule has 0 fully saturated rings. The van der Waals surface area contributed by atoms with Crippen LogP contribution in [0, 0.1) is 0 Å². The van der Waals surface area contributed by atoms with E-state index in [0.29, 0.717) is 17.1 Å². The van der Waals surface area contributed by atoms with Gasteiger partial charge in [0, 0.05) is 24.1 Å². The summed E-state index contributed by atoms with van der Waals surface area (Å²) in [5.74, 6) is 0.503. The molecule has 0 aliphatic carbocycles. The lowest BCUT2D eigenvalue weighted by Crippen LogP contribution is -2.09. The van der Waals surface area contributed by atoms with Crippen molar-refractivity contribution in [2.75, 3.05) is 6.26 Å². The summed E-state index contributed by atoms with van der Waals surface area (Å²) in [5.41, 5.74) is 2.87. The van der Waals surface area contributed by atoms with Crippen molar-refractivity contribution in [3.8, 4) is 17.1 Å². The lowest BCUT2D eigenvalue weighted by molar-refractivity contribution is 0.485. The molecule has 0 aliphatic rings. The first-order chi connectivity index (χ1) is 12.3. The average Bonchev–Trinajstić information content (AvgIpc) is 3.07. The van der Waals surface area contributed by atoms with Gasteiger partial charge in [-0.05, 0) is 23.6 Å². The summed E-state index contributed by atoms with van der Waals surface area (Å²) < 4.78 is 38.2. The number of halogens is 1. The summed E-state index contributed by atoms with van der Waals surface area (Å²) in [7, 11) is -3.54. The third-order valence-corrected chi connectivity index (χ3v) is 4.72. The van der Waals surface area contributed by atoms with Crippen LogP contribution in [0.25, 0.3) is 17.1 Å². The molecule has 3 aromatic rings. The number of rotatable bonds is 5. The molecule has 0 atom stereocenters. The zero-order valence-electron chi connectivity index (χ0n) is 14.7. The van der Waals surface area contributed by atoms with Gasteiger partial charge in [-0.15, -0.1) is 0 Å². The van der Waals surface area contributed by atoms with Gasteiger partial charge in [-0.25, -0.2) is 22.5 Å². The molecule has 26 heavy (non-hydrogen) atoms. The highest BCUT2D eigenvalue weighted by atomic mass is 32.2. The van der Waals surface area contributed by atoms with Gasteiger partial charge in [0.25, 0.3) is 0 Å². The SMILES string of the molecule is CC(C)c1cc(-c2cccc(CF)c2)n(-c2ccnc(S(C)(=O)=O)n2)n1. The molecule has 6 nitrogen and oxygen atoms in total. The smallest absolute Gasteiger partial charge is 0.246 e. The maximum absolute atomic E-state index is 13.1. The van der Waals surface area contributed by atoms with Gasteiger partial charge in [-0.3, -0.25) is 0 Å². The number of hydrogen-bond acceptors (Lipinski definition) is 5. The summed E-state index contributed by atoms with van der Waals surface area (Å²) in [6.07, 6.45) is 2.44. The van der Waals surface area contributed by atoms with Crippen molar-refractivity contribution < 1.29 is 12.8 Å². The number of aromatic nitrogens is 4. The predicted molar refractivity (Wildman–Crippen MR) is 96.6 cm³/mol. The Kier molecular flexibility index (Phi) is 4.86. The summed E-state index contributed by atoms with van der Waals surface area (Å²) in [6, 6.07) is 10.6. The molecular weight excluding hydrogens is 355 g/mol. The molecule has 1 aromatic carbocycles. The van der Waals surface area contributed by atoms with E-state index < -0.39 is 16.5 Å². The van der Waals surface area contributed by atoms with E-state index in [4.69, 9.17) is 0 Å². The molecule has 8 heteroatoms. The van der Waals surface area contributed by atoms with Gasteiger partial charge < -0.3 is 0 Å². The van der Waals surface area contributed by atoms with Gasteiger partial charge in [0.15, 0.2) is 5.82 Å². The van der Waals surface area contributed by atoms with Gasteiger partial charge in [0.2, 0.25) is 15.0 Å². The molecule has 0 saturated carbocycles. The van der Waals surface area contributed by atoms with Gasteiger partial charge in [-0.2, -0.15) is 10.1 Å². The average molecular weight is 374 g/mol. The second-order valence-electron chi connectivity index (χ2n) is 6.32. The van der Waals surface area contributed by atoms with Crippen LogP contribution >= 0.6 is 0 Å². The first kappa shape index (κ1) is 18.2. The van der Waals surface area contributed by atoms with Crippen LogP contribution in [0.15, 0.2) is 47.8 Å². The van der Waals surface area contributed by atoms with E-state index >= 15 is 0 Å². The lowest BCUT2D eigenvalue weighted by Gasteiger charge is -2.08. The van der Waals surface area contributed by atoms with Crippen LogP contribution in [0.2, 0.25) is 0 Å². The molecular formula is C18H19FN4O2S. The van der Waals surface area contributed by atoms with Gasteiger partial charge in [0.1, 0.15) is 6.67 Å². The minimum atomic E-state index is -3.54. The summed E-state index contributed by atoms with van der Waals surface area (Å²) >= 11 is 0. The Morgan fingerprint density at radius 1 is 1.19 bits per heavy atom. The van der Waals surface area contributed by atoms with E-state index in [0.717, 1.165) is 17.5 Å². The molecule has 0 amide bonds. The van der Waals surface area contributed by atoms with Crippen LogP contribution in [-0.2, 0) is 16.5 Å². The monoisotopic (exact) mass is 374 g/mol. The van der Waals surface area contributed by atoms with Crippen molar-refractivity contribution >= 4 is 9.84 Å². The Balaban J connectivity index is 2.21. The number of alkyl halides is 1. The van der Waals surface area contributed by atoms with Gasteiger partial charge >= 0.3 is 0 Å². The van der Waals surface area contributed by atoms with Gasteiger partial charge in [-0.1, -0.05) is 32.0 Å². The molecule has 0 spiro atoms. The minimum absolute atomic E-state index is 0.163. The predicted octanol–water partition coefficient (Wildman–Crippen LogP) is 3.33. The van der Waals surface area contributed by atoms with Crippen LogP contribution in [0.3, 0.4) is 0 Å². The van der Waals surface area contributed by atoms with Crippen LogP contribution in [0.1, 0.15) is 31.0 Å². The molecule has 2 heterocycles. The summed E-state index contributed by atoms with van der Waals surface area (Å²) in [4.78, 5) is 7.96. The molecule has 3 rings (SSSR count). The number of benzene rings is 1. The van der Waals surface area contributed by atoms with E-state index in [-0.39, 0.29) is 11.1 Å². The van der Waals surface area contributed by atoms with Crippen LogP contribution < -0.4 is 0 Å². The van der Waals surface area contributed by atoms with Crippen LogP contribution in [0.4, 0.5) is 4.39 Å². The Morgan fingerprint density at radius 3 is 2.62 bits per heavy atom. The number of sulfone groups is 1. The first-order valence-electron chi connectivity index (χ1n) is 8.08. The normalized spacial score (nSPS) is 11.9. The third kappa shape index (κ3) is 3.65. The summed E-state index contributed by atoms with van der Waals surface area (Å²) in [5, 5.41) is 4.31. The highest BCUT2D eigenvalue weighted by Gasteiger charge is 2.17. The first-order valence-corrected chi connectivity index (χ1v) is 9.97. The molecule has 0 aliphatic heterocycles. The maximum atomic E-state index is 13.1. The molecule has 0 N–H and O–H groups in total. The fourth-order valence-corrected chi connectivity index (χ4v) is 3.02. The Hall–Kier alpha value is -2.61. The molecule has 0 bridgehead atoms. The van der Waals surface area contributed by atoms with Crippen molar-refractivity contribution in [1.82, 2.24) is 19.7 Å². The second kappa shape index (κ2) is 6.95. The van der Waals surface area contributed by atoms with Crippen molar-refractivity contribution in [2.24, 2.45) is 0 Å². The number of hydrogen-bond donors (Lipinski definition) is 0. The van der Waals surface area contributed by atoms with E-state index in [1.165, 1.54) is 6.20 Å². The molecule has 0 unspecified atom stereocenters. The van der Waals surface area contributed by atoms with Crippen molar-refractivity contribution in [1.29, 1.82) is 0 Å². The third-order valence-electron chi connectivity index (χ3n) is 3.86. The summed E-state index contributed by atoms with van der Waals surface area (Å²) in [6.45, 7) is 3.46. The Morgan fingerprint density at radius 2 is 1.96 bits per heavy atom. The van der Waals surface area contributed by atoms with E-state index in [1.54, 1.807) is 28.9 Å². The quantitative estimate of drug-likeness (QED) is 0.640. The van der Waals surface area contributed by atoms with Crippen molar-refractivity contribution in [3.63, 3.8) is 0 Å². The highest BCUT2D eigenvalue weighted by molar-refractivity contribution is 7.90. The molecule has 0 radical (unpaired) electrons. The topological polar surface area (TPSA) is 77.7 Å². The highest BCUT2D eigenvalue weighted by Crippen LogP contribution is 2.27.